The van der Waals surface area contributed by atoms with E-state index in [1.165, 1.54) is 24.8 Å². The van der Waals surface area contributed by atoms with Crippen molar-refractivity contribution in [3.8, 4) is 5.75 Å². The molecule has 1 saturated carbocycles. The smallest absolute Gasteiger partial charge is 0.263 e. The van der Waals surface area contributed by atoms with Gasteiger partial charge in [-0.05, 0) is 61.6 Å². The fraction of sp³-hybridized carbons (Fsp3) is 0.500. The van der Waals surface area contributed by atoms with Crippen LogP contribution in [0.15, 0.2) is 42.5 Å². The van der Waals surface area contributed by atoms with Crippen molar-refractivity contribution >= 4 is 16.7 Å². The average Bonchev–Trinajstić information content (AvgIpc) is 3.49. The fourth-order valence-corrected chi connectivity index (χ4v) is 3.79. The number of hydrogen-bond acceptors (Lipinski definition) is 3. The number of ether oxygens (including phenoxy) is 1. The molecule has 4 heteroatoms. The Morgan fingerprint density at radius 1 is 1.08 bits per heavy atom. The van der Waals surface area contributed by atoms with E-state index < -0.39 is 6.10 Å². The molecule has 4 rings (SSSR count). The van der Waals surface area contributed by atoms with Gasteiger partial charge in [0.05, 0.1) is 0 Å². The second-order valence-electron chi connectivity index (χ2n) is 7.69. The molecule has 26 heavy (non-hydrogen) atoms. The van der Waals surface area contributed by atoms with E-state index >= 15 is 0 Å². The molecule has 2 fully saturated rings. The quantitative estimate of drug-likeness (QED) is 0.825. The van der Waals surface area contributed by atoms with Crippen molar-refractivity contribution in [3.05, 3.63) is 42.5 Å². The Labute approximate surface area is 155 Å². The highest BCUT2D eigenvalue weighted by atomic mass is 16.5. The minimum absolute atomic E-state index is 0.103. The highest BCUT2D eigenvalue weighted by molar-refractivity contribution is 5.84. The molecular weight excluding hydrogens is 324 g/mol. The summed E-state index contributed by atoms with van der Waals surface area (Å²) in [6.07, 6.45) is 3.37. The minimum Gasteiger partial charge on any atom is -0.481 e. The summed E-state index contributed by atoms with van der Waals surface area (Å²) in [4.78, 5) is 17.4. The third-order valence-electron chi connectivity index (χ3n) is 5.50. The Kier molecular flexibility index (Phi) is 5.11. The molecular formula is C22H28N2O2. The van der Waals surface area contributed by atoms with Crippen LogP contribution in [0.25, 0.3) is 10.8 Å². The first kappa shape index (κ1) is 17.3. The predicted molar refractivity (Wildman–Crippen MR) is 104 cm³/mol. The number of carbonyl (C=O) groups is 1. The zero-order valence-electron chi connectivity index (χ0n) is 15.6. The molecule has 0 N–H and O–H groups in total. The molecule has 0 radical (unpaired) electrons. The summed E-state index contributed by atoms with van der Waals surface area (Å²) in [5.74, 6) is 1.77. The molecule has 2 aliphatic rings. The van der Waals surface area contributed by atoms with Crippen LogP contribution < -0.4 is 4.74 Å². The maximum absolute atomic E-state index is 12.8. The van der Waals surface area contributed by atoms with E-state index in [9.17, 15) is 4.79 Å². The van der Waals surface area contributed by atoms with Gasteiger partial charge in [-0.1, -0.05) is 30.3 Å². The Morgan fingerprint density at radius 3 is 2.69 bits per heavy atom. The van der Waals surface area contributed by atoms with Gasteiger partial charge in [-0.15, -0.1) is 0 Å². The van der Waals surface area contributed by atoms with Crippen LogP contribution in [-0.2, 0) is 4.79 Å². The van der Waals surface area contributed by atoms with Crippen LogP contribution >= 0.6 is 0 Å². The van der Waals surface area contributed by atoms with Crippen molar-refractivity contribution in [2.45, 2.75) is 32.3 Å². The number of amides is 1. The first-order valence-electron chi connectivity index (χ1n) is 9.85. The number of fused-ring (bicyclic) bond motifs is 1. The van der Waals surface area contributed by atoms with Gasteiger partial charge in [0.2, 0.25) is 0 Å². The second-order valence-corrected chi connectivity index (χ2v) is 7.69. The van der Waals surface area contributed by atoms with Gasteiger partial charge in [0.1, 0.15) is 5.75 Å². The highest BCUT2D eigenvalue weighted by Crippen LogP contribution is 2.30. The Hall–Kier alpha value is -2.07. The molecule has 0 aromatic heterocycles. The molecule has 2 aromatic carbocycles. The number of carbonyl (C=O) groups excluding carboxylic acids is 1. The van der Waals surface area contributed by atoms with Crippen molar-refractivity contribution in [1.29, 1.82) is 0 Å². The topological polar surface area (TPSA) is 32.8 Å². The summed E-state index contributed by atoms with van der Waals surface area (Å²) in [6.45, 7) is 6.84. The second kappa shape index (κ2) is 7.67. The first-order chi connectivity index (χ1) is 12.7. The van der Waals surface area contributed by atoms with Crippen LogP contribution in [0.5, 0.6) is 5.75 Å². The predicted octanol–water partition coefficient (Wildman–Crippen LogP) is 3.55. The monoisotopic (exact) mass is 352 g/mol. The molecule has 1 heterocycles. The van der Waals surface area contributed by atoms with E-state index in [0.29, 0.717) is 0 Å². The third-order valence-corrected chi connectivity index (χ3v) is 5.50. The molecule has 2 aromatic rings. The van der Waals surface area contributed by atoms with Gasteiger partial charge >= 0.3 is 0 Å². The molecule has 0 spiro atoms. The summed E-state index contributed by atoms with van der Waals surface area (Å²) >= 11 is 0. The van der Waals surface area contributed by atoms with Gasteiger partial charge in [-0.3, -0.25) is 4.79 Å². The van der Waals surface area contributed by atoms with E-state index in [2.05, 4.69) is 17.0 Å². The van der Waals surface area contributed by atoms with Gasteiger partial charge in [0.25, 0.3) is 5.91 Å². The lowest BCUT2D eigenvalue weighted by Gasteiger charge is -2.25. The van der Waals surface area contributed by atoms with Crippen molar-refractivity contribution in [2.75, 3.05) is 32.7 Å². The third kappa shape index (κ3) is 4.18. The van der Waals surface area contributed by atoms with E-state index in [-0.39, 0.29) is 5.91 Å². The van der Waals surface area contributed by atoms with Crippen molar-refractivity contribution < 1.29 is 9.53 Å². The Morgan fingerprint density at radius 2 is 1.88 bits per heavy atom. The van der Waals surface area contributed by atoms with E-state index in [0.717, 1.165) is 49.7 Å². The summed E-state index contributed by atoms with van der Waals surface area (Å²) in [5, 5.41) is 2.32. The largest absolute Gasteiger partial charge is 0.481 e. The normalized spacial score (nSPS) is 20.0. The molecule has 1 amide bonds. The zero-order valence-corrected chi connectivity index (χ0v) is 15.6. The van der Waals surface area contributed by atoms with E-state index in [4.69, 9.17) is 4.74 Å². The lowest BCUT2D eigenvalue weighted by atomic mass is 10.1. The van der Waals surface area contributed by atoms with Gasteiger partial charge in [-0.2, -0.15) is 0 Å². The number of nitrogens with zero attached hydrogens (tertiary/aromatic N) is 2. The van der Waals surface area contributed by atoms with E-state index in [1.54, 1.807) is 0 Å². The average molecular weight is 352 g/mol. The van der Waals surface area contributed by atoms with Crippen molar-refractivity contribution in [1.82, 2.24) is 9.80 Å². The van der Waals surface area contributed by atoms with E-state index in [1.807, 2.05) is 42.2 Å². The number of benzene rings is 2. The molecule has 138 valence electrons. The summed E-state index contributed by atoms with van der Waals surface area (Å²) in [7, 11) is 0. The van der Waals surface area contributed by atoms with Crippen LogP contribution in [-0.4, -0.2) is 54.5 Å². The molecule has 1 aliphatic carbocycles. The standard InChI is InChI=1S/C22H28N2O2/c1-17(26-21-10-9-19-5-2-3-6-20(19)15-21)22(25)24-12-4-11-23(13-14-24)16-18-7-8-18/h2-3,5-6,9-10,15,17-18H,4,7-8,11-14,16H2,1H3. The van der Waals surface area contributed by atoms with Crippen LogP contribution in [0.3, 0.4) is 0 Å². The van der Waals surface area contributed by atoms with Gasteiger partial charge in [0, 0.05) is 26.2 Å². The zero-order chi connectivity index (χ0) is 17.9. The Balaban J connectivity index is 1.35. The SMILES string of the molecule is CC(Oc1ccc2ccccc2c1)C(=O)N1CCCN(CC2CC2)CC1. The minimum atomic E-state index is -0.453. The maximum atomic E-state index is 12.8. The van der Waals surface area contributed by atoms with Crippen LogP contribution in [0, 0.1) is 5.92 Å². The molecule has 4 nitrogen and oxygen atoms in total. The molecule has 0 bridgehead atoms. The highest BCUT2D eigenvalue weighted by Gasteiger charge is 2.28. The summed E-state index contributed by atoms with van der Waals surface area (Å²) < 4.78 is 5.97. The molecule has 1 atom stereocenters. The van der Waals surface area contributed by atoms with Crippen LogP contribution in [0.1, 0.15) is 26.2 Å². The summed E-state index contributed by atoms with van der Waals surface area (Å²) in [5.41, 5.74) is 0. The maximum Gasteiger partial charge on any atom is 0.263 e. The lowest BCUT2D eigenvalue weighted by molar-refractivity contribution is -0.137. The van der Waals surface area contributed by atoms with Crippen LogP contribution in [0.2, 0.25) is 0 Å². The number of hydrogen-bond donors (Lipinski definition) is 0. The van der Waals surface area contributed by atoms with Crippen molar-refractivity contribution in [3.63, 3.8) is 0 Å². The van der Waals surface area contributed by atoms with Crippen LogP contribution in [0.4, 0.5) is 0 Å². The first-order valence-corrected chi connectivity index (χ1v) is 9.85. The molecule has 1 saturated heterocycles. The van der Waals surface area contributed by atoms with Gasteiger partial charge in [-0.25, -0.2) is 0 Å². The Bertz CT molecular complexity index is 772. The molecule has 1 aliphatic heterocycles. The van der Waals surface area contributed by atoms with Gasteiger partial charge in [0.15, 0.2) is 6.10 Å². The molecule has 1 unspecified atom stereocenters. The summed E-state index contributed by atoms with van der Waals surface area (Å²) in [6, 6.07) is 14.2. The lowest BCUT2D eigenvalue weighted by Crippen LogP contribution is -2.42. The van der Waals surface area contributed by atoms with Crippen molar-refractivity contribution in [2.24, 2.45) is 5.92 Å². The number of rotatable bonds is 5. The van der Waals surface area contributed by atoms with Gasteiger partial charge < -0.3 is 14.5 Å². The fourth-order valence-electron chi connectivity index (χ4n) is 3.79.